The molecule has 0 spiro atoms. The Morgan fingerprint density at radius 3 is 1.22 bits per heavy atom. The summed E-state index contributed by atoms with van der Waals surface area (Å²) in [6, 6.07) is 0. The maximum absolute atomic E-state index is 11.2. The van der Waals surface area contributed by atoms with Crippen molar-refractivity contribution in [3.05, 3.63) is 0 Å². The Morgan fingerprint density at radius 2 is 1.06 bits per heavy atom. The summed E-state index contributed by atoms with van der Waals surface area (Å²) in [5.41, 5.74) is 0. The highest BCUT2D eigenvalue weighted by atomic mass is 16.2. The molecule has 4 nitrogen and oxygen atoms in total. The van der Waals surface area contributed by atoms with Crippen molar-refractivity contribution in [2.24, 2.45) is 5.92 Å². The molecule has 0 fully saturated rings. The molecule has 0 aliphatic rings. The third kappa shape index (κ3) is 12.7. The summed E-state index contributed by atoms with van der Waals surface area (Å²) in [5, 5.41) is 0. The van der Waals surface area contributed by atoms with E-state index in [1.807, 2.05) is 13.8 Å². The normalized spacial score (nSPS) is 9.44. The van der Waals surface area contributed by atoms with E-state index in [0.717, 1.165) is 12.8 Å². The molecule has 0 N–H and O–H groups in total. The van der Waals surface area contributed by atoms with Crippen LogP contribution in [-0.2, 0) is 19.2 Å². The Morgan fingerprint density at radius 1 is 0.722 bits per heavy atom. The first-order valence-corrected chi connectivity index (χ1v) is 6.25. The maximum atomic E-state index is 11.2. The van der Waals surface area contributed by atoms with Gasteiger partial charge in [-0.2, -0.15) is 0 Å². The van der Waals surface area contributed by atoms with Gasteiger partial charge in [0.2, 0.25) is 0 Å². The van der Waals surface area contributed by atoms with Gasteiger partial charge in [0, 0.05) is 5.92 Å². The van der Waals surface area contributed by atoms with Crippen molar-refractivity contribution >= 4 is 23.1 Å². The van der Waals surface area contributed by atoms with Crippen molar-refractivity contribution in [2.75, 3.05) is 0 Å². The lowest BCUT2D eigenvalue weighted by Crippen LogP contribution is -2.15. The fourth-order valence-corrected chi connectivity index (χ4v) is 1.48. The van der Waals surface area contributed by atoms with Gasteiger partial charge in [0.25, 0.3) is 0 Å². The number of ketones is 4. The minimum atomic E-state index is -0.0625. The van der Waals surface area contributed by atoms with Gasteiger partial charge in [-0.25, -0.2) is 0 Å². The fourth-order valence-electron chi connectivity index (χ4n) is 1.48. The summed E-state index contributed by atoms with van der Waals surface area (Å²) in [6.07, 6.45) is 1.90. The average Bonchev–Trinajstić information content (AvgIpc) is 2.16. The van der Waals surface area contributed by atoms with Gasteiger partial charge >= 0.3 is 0 Å². The Kier molecular flexibility index (Phi) is 11.4. The molecule has 4 heteroatoms. The standard InChI is InChI=1S/C9H16O2.C5H8O2/c1-4-8(5-2)9(11)6-7(3)10;1-4(6)3-5(2)7/h8H,4-6H2,1-3H3;3H2,1-2H3. The summed E-state index contributed by atoms with van der Waals surface area (Å²) < 4.78 is 0. The number of rotatable bonds is 7. The van der Waals surface area contributed by atoms with E-state index in [0.29, 0.717) is 0 Å². The van der Waals surface area contributed by atoms with Crippen molar-refractivity contribution in [3.63, 3.8) is 0 Å². The molecule has 0 radical (unpaired) electrons. The smallest absolute Gasteiger partial charge is 0.143 e. The van der Waals surface area contributed by atoms with E-state index in [4.69, 9.17) is 0 Å². The van der Waals surface area contributed by atoms with Crippen LogP contribution in [0.2, 0.25) is 0 Å². The van der Waals surface area contributed by atoms with Crippen LogP contribution in [0.25, 0.3) is 0 Å². The van der Waals surface area contributed by atoms with E-state index in [1.54, 1.807) is 0 Å². The fraction of sp³-hybridized carbons (Fsp3) is 0.714. The van der Waals surface area contributed by atoms with Gasteiger partial charge < -0.3 is 0 Å². The van der Waals surface area contributed by atoms with Gasteiger partial charge in [0.15, 0.2) is 0 Å². The summed E-state index contributed by atoms with van der Waals surface area (Å²) in [7, 11) is 0. The second-order valence-electron chi connectivity index (χ2n) is 4.44. The largest absolute Gasteiger partial charge is 0.300 e. The molecule has 0 aromatic rings. The molecule has 0 amide bonds. The van der Waals surface area contributed by atoms with Crippen LogP contribution in [0.4, 0.5) is 0 Å². The summed E-state index contributed by atoms with van der Waals surface area (Å²) in [4.78, 5) is 41.8. The average molecular weight is 256 g/mol. The predicted octanol–water partition coefficient (Wildman–Crippen LogP) is 2.53. The minimum Gasteiger partial charge on any atom is -0.300 e. The van der Waals surface area contributed by atoms with E-state index in [9.17, 15) is 19.2 Å². The Labute approximate surface area is 109 Å². The van der Waals surface area contributed by atoms with Crippen LogP contribution in [0, 0.1) is 5.92 Å². The van der Waals surface area contributed by atoms with Crippen LogP contribution < -0.4 is 0 Å². The van der Waals surface area contributed by atoms with E-state index >= 15 is 0 Å². The third-order valence-electron chi connectivity index (χ3n) is 2.36. The predicted molar refractivity (Wildman–Crippen MR) is 70.4 cm³/mol. The molecule has 0 aliphatic heterocycles. The second kappa shape index (κ2) is 10.8. The zero-order valence-electron chi connectivity index (χ0n) is 12.0. The number of hydrogen-bond acceptors (Lipinski definition) is 4. The van der Waals surface area contributed by atoms with Crippen LogP contribution in [0.15, 0.2) is 0 Å². The zero-order chi connectivity index (χ0) is 14.7. The van der Waals surface area contributed by atoms with E-state index in [2.05, 4.69) is 0 Å². The number of carbonyl (C=O) groups is 4. The van der Waals surface area contributed by atoms with Crippen molar-refractivity contribution in [1.29, 1.82) is 0 Å². The van der Waals surface area contributed by atoms with Crippen molar-refractivity contribution in [2.45, 2.75) is 60.3 Å². The van der Waals surface area contributed by atoms with Gasteiger partial charge in [0.05, 0.1) is 12.8 Å². The van der Waals surface area contributed by atoms with Crippen molar-refractivity contribution in [3.8, 4) is 0 Å². The van der Waals surface area contributed by atoms with E-state index in [-0.39, 0.29) is 41.9 Å². The first-order valence-electron chi connectivity index (χ1n) is 6.25. The maximum Gasteiger partial charge on any atom is 0.143 e. The Balaban J connectivity index is 0. The highest BCUT2D eigenvalue weighted by Gasteiger charge is 2.14. The highest BCUT2D eigenvalue weighted by molar-refractivity contribution is 5.99. The lowest BCUT2D eigenvalue weighted by molar-refractivity contribution is -0.129. The number of carbonyl (C=O) groups excluding carboxylic acids is 4. The lowest BCUT2D eigenvalue weighted by Gasteiger charge is -2.08. The molecule has 104 valence electrons. The second-order valence-corrected chi connectivity index (χ2v) is 4.44. The molecule has 18 heavy (non-hydrogen) atoms. The van der Waals surface area contributed by atoms with E-state index < -0.39 is 0 Å². The van der Waals surface area contributed by atoms with Crippen LogP contribution in [0.1, 0.15) is 60.3 Å². The van der Waals surface area contributed by atoms with Gasteiger partial charge in [0.1, 0.15) is 23.1 Å². The molecule has 0 saturated heterocycles. The molecule has 0 atom stereocenters. The molecule has 0 rings (SSSR count). The van der Waals surface area contributed by atoms with Crippen LogP contribution in [0.5, 0.6) is 0 Å². The van der Waals surface area contributed by atoms with Crippen LogP contribution in [-0.4, -0.2) is 23.1 Å². The number of Topliss-reactive ketones (excluding diaryl/α,β-unsaturated/α-hetero) is 4. The molecular weight excluding hydrogens is 232 g/mol. The highest BCUT2D eigenvalue weighted by Crippen LogP contribution is 2.10. The van der Waals surface area contributed by atoms with Crippen molar-refractivity contribution < 1.29 is 19.2 Å². The van der Waals surface area contributed by atoms with Gasteiger partial charge in [-0.15, -0.1) is 0 Å². The molecule has 0 heterocycles. The Hall–Kier alpha value is -1.32. The number of hydrogen-bond donors (Lipinski definition) is 0. The first-order chi connectivity index (χ1) is 8.24. The van der Waals surface area contributed by atoms with Gasteiger partial charge in [-0.05, 0) is 33.6 Å². The molecule has 0 aliphatic carbocycles. The lowest BCUT2D eigenvalue weighted by atomic mass is 9.95. The quantitative estimate of drug-likeness (QED) is 0.656. The zero-order valence-corrected chi connectivity index (χ0v) is 12.0. The molecule has 0 aromatic heterocycles. The summed E-state index contributed by atoms with van der Waals surface area (Å²) in [5.74, 6) is 0.0447. The summed E-state index contributed by atoms with van der Waals surface area (Å²) in [6.45, 7) is 8.22. The third-order valence-corrected chi connectivity index (χ3v) is 2.36. The van der Waals surface area contributed by atoms with Gasteiger partial charge in [-0.3, -0.25) is 19.2 Å². The van der Waals surface area contributed by atoms with Crippen LogP contribution in [0.3, 0.4) is 0 Å². The topological polar surface area (TPSA) is 68.3 Å². The minimum absolute atomic E-state index is 0.0260. The molecule has 0 bridgehead atoms. The molecule has 0 saturated carbocycles. The van der Waals surface area contributed by atoms with Gasteiger partial charge in [-0.1, -0.05) is 13.8 Å². The molecular formula is C14H24O4. The van der Waals surface area contributed by atoms with E-state index in [1.165, 1.54) is 20.8 Å². The monoisotopic (exact) mass is 256 g/mol. The molecule has 0 unspecified atom stereocenters. The SMILES string of the molecule is CC(=O)CC(C)=O.CCC(CC)C(=O)CC(C)=O. The Bertz CT molecular complexity index is 289. The molecule has 0 aromatic carbocycles. The van der Waals surface area contributed by atoms with Crippen molar-refractivity contribution in [1.82, 2.24) is 0 Å². The van der Waals surface area contributed by atoms with Crippen LogP contribution >= 0.6 is 0 Å². The summed E-state index contributed by atoms with van der Waals surface area (Å²) >= 11 is 0. The first kappa shape index (κ1) is 19.0.